The van der Waals surface area contributed by atoms with Crippen LogP contribution in [0.2, 0.25) is 0 Å². The van der Waals surface area contributed by atoms with Crippen LogP contribution in [-0.4, -0.2) is 28.2 Å². The van der Waals surface area contributed by atoms with Crippen molar-refractivity contribution in [2.45, 2.75) is 13.8 Å². The summed E-state index contributed by atoms with van der Waals surface area (Å²) in [6.45, 7) is 3.64. The van der Waals surface area contributed by atoms with Crippen molar-refractivity contribution >= 4 is 22.7 Å². The normalized spacial score (nSPS) is 10.7. The van der Waals surface area contributed by atoms with Crippen molar-refractivity contribution in [3.05, 3.63) is 36.2 Å². The first-order valence-corrected chi connectivity index (χ1v) is 6.10. The summed E-state index contributed by atoms with van der Waals surface area (Å²) in [5.74, 6) is -0.396. The average molecular weight is 257 g/mol. The van der Waals surface area contributed by atoms with Crippen LogP contribution in [0, 0.1) is 5.92 Å². The van der Waals surface area contributed by atoms with Crippen LogP contribution in [0.5, 0.6) is 0 Å². The second-order valence-corrected chi connectivity index (χ2v) is 4.53. The summed E-state index contributed by atoms with van der Waals surface area (Å²) in [5, 5.41) is 2.62. The number of nitrogens with zero attached hydrogens (tertiary/aromatic N) is 2. The van der Waals surface area contributed by atoms with E-state index in [2.05, 4.69) is 15.3 Å². The lowest BCUT2D eigenvalue weighted by Crippen LogP contribution is -2.31. The van der Waals surface area contributed by atoms with Gasteiger partial charge in [0, 0.05) is 18.3 Å². The molecule has 1 amide bonds. The maximum absolute atomic E-state index is 12.1. The third-order valence-corrected chi connectivity index (χ3v) is 2.81. The summed E-state index contributed by atoms with van der Waals surface area (Å²) in [5.41, 5.74) is 1.63. The molecule has 0 saturated carbocycles. The molecule has 98 valence electrons. The van der Waals surface area contributed by atoms with Gasteiger partial charge in [0.05, 0.1) is 17.6 Å². The van der Waals surface area contributed by atoms with Crippen LogP contribution in [0.15, 0.2) is 30.6 Å². The van der Waals surface area contributed by atoms with E-state index in [1.807, 2.05) is 0 Å². The van der Waals surface area contributed by atoms with Crippen molar-refractivity contribution in [3.63, 3.8) is 0 Å². The molecule has 1 aromatic heterocycles. The number of hydrogen-bond acceptors (Lipinski definition) is 4. The Balaban J connectivity index is 2.20. The molecule has 0 radical (unpaired) electrons. The molecule has 1 aromatic carbocycles. The fourth-order valence-corrected chi connectivity index (χ4v) is 1.64. The summed E-state index contributed by atoms with van der Waals surface area (Å²) in [4.78, 5) is 31.8. The van der Waals surface area contributed by atoms with Crippen LogP contribution in [0.1, 0.15) is 24.2 Å². The summed E-state index contributed by atoms with van der Waals surface area (Å²) in [6, 6.07) is 5.21. The minimum Gasteiger partial charge on any atom is -0.345 e. The number of ketones is 1. The van der Waals surface area contributed by atoms with Gasteiger partial charge in [-0.15, -0.1) is 0 Å². The molecular weight excluding hydrogens is 242 g/mol. The van der Waals surface area contributed by atoms with Crippen LogP contribution < -0.4 is 5.32 Å². The van der Waals surface area contributed by atoms with Crippen LogP contribution in [-0.2, 0) is 4.79 Å². The quantitative estimate of drug-likeness (QED) is 0.902. The molecule has 0 aliphatic heterocycles. The lowest BCUT2D eigenvalue weighted by molar-refractivity contribution is -0.120. The number of Topliss-reactive ketones (excluding diaryl/α,β-unsaturated/α-hetero) is 1. The van der Waals surface area contributed by atoms with Crippen molar-refractivity contribution < 1.29 is 9.59 Å². The van der Waals surface area contributed by atoms with Crippen molar-refractivity contribution in [2.75, 3.05) is 6.54 Å². The molecule has 0 bridgehead atoms. The fraction of sp³-hybridized carbons (Fsp3) is 0.286. The molecule has 0 atom stereocenters. The lowest BCUT2D eigenvalue weighted by atomic mass is 10.1. The third-order valence-electron chi connectivity index (χ3n) is 2.81. The van der Waals surface area contributed by atoms with Gasteiger partial charge in [-0.1, -0.05) is 19.9 Å². The van der Waals surface area contributed by atoms with E-state index in [1.165, 1.54) is 0 Å². The standard InChI is InChI=1S/C14H15N3O2/c1-9(2)12(18)8-17-14(19)10-4-3-5-11-13(10)16-7-6-15-11/h3-7,9H,8H2,1-2H3,(H,17,19). The first-order valence-electron chi connectivity index (χ1n) is 6.10. The fourth-order valence-electron chi connectivity index (χ4n) is 1.64. The number of benzene rings is 1. The van der Waals surface area contributed by atoms with Gasteiger partial charge >= 0.3 is 0 Å². The Morgan fingerprint density at radius 1 is 1.21 bits per heavy atom. The number of carbonyl (C=O) groups is 2. The topological polar surface area (TPSA) is 72.0 Å². The van der Waals surface area contributed by atoms with E-state index in [-0.39, 0.29) is 24.2 Å². The van der Waals surface area contributed by atoms with Crippen LogP contribution in [0.4, 0.5) is 0 Å². The maximum atomic E-state index is 12.1. The van der Waals surface area contributed by atoms with E-state index >= 15 is 0 Å². The molecule has 0 unspecified atom stereocenters. The predicted octanol–water partition coefficient (Wildman–Crippen LogP) is 1.58. The summed E-state index contributed by atoms with van der Waals surface area (Å²) < 4.78 is 0. The molecule has 0 aliphatic rings. The Morgan fingerprint density at radius 3 is 2.68 bits per heavy atom. The number of fused-ring (bicyclic) bond motifs is 1. The number of carbonyl (C=O) groups excluding carboxylic acids is 2. The van der Waals surface area contributed by atoms with Crippen molar-refractivity contribution in [2.24, 2.45) is 5.92 Å². The van der Waals surface area contributed by atoms with Crippen LogP contribution in [0.3, 0.4) is 0 Å². The van der Waals surface area contributed by atoms with E-state index in [1.54, 1.807) is 44.4 Å². The zero-order valence-corrected chi connectivity index (χ0v) is 10.9. The first kappa shape index (κ1) is 13.1. The van der Waals surface area contributed by atoms with Gasteiger partial charge in [-0.2, -0.15) is 0 Å². The van der Waals surface area contributed by atoms with Crippen LogP contribution >= 0.6 is 0 Å². The summed E-state index contributed by atoms with van der Waals surface area (Å²) in [6.07, 6.45) is 3.12. The number of hydrogen-bond donors (Lipinski definition) is 1. The predicted molar refractivity (Wildman–Crippen MR) is 71.7 cm³/mol. The van der Waals surface area contributed by atoms with E-state index in [4.69, 9.17) is 0 Å². The van der Waals surface area contributed by atoms with Gasteiger partial charge in [0.2, 0.25) is 0 Å². The molecule has 5 heteroatoms. The van der Waals surface area contributed by atoms with Gasteiger partial charge in [-0.3, -0.25) is 19.6 Å². The zero-order chi connectivity index (χ0) is 13.8. The van der Waals surface area contributed by atoms with E-state index in [0.717, 1.165) is 0 Å². The van der Waals surface area contributed by atoms with Crippen molar-refractivity contribution in [3.8, 4) is 0 Å². The third kappa shape index (κ3) is 2.93. The molecule has 1 N–H and O–H groups in total. The highest BCUT2D eigenvalue weighted by Crippen LogP contribution is 2.13. The molecule has 1 heterocycles. The van der Waals surface area contributed by atoms with Crippen molar-refractivity contribution in [1.82, 2.24) is 15.3 Å². The minimum absolute atomic E-state index is 0.000305. The van der Waals surface area contributed by atoms with Gasteiger partial charge in [-0.05, 0) is 12.1 Å². The molecule has 5 nitrogen and oxygen atoms in total. The molecule has 2 aromatic rings. The highest BCUT2D eigenvalue weighted by molar-refractivity contribution is 6.05. The van der Waals surface area contributed by atoms with Gasteiger partial charge in [0.1, 0.15) is 5.52 Å². The van der Waals surface area contributed by atoms with E-state index in [0.29, 0.717) is 16.6 Å². The molecule has 19 heavy (non-hydrogen) atoms. The molecule has 0 spiro atoms. The molecule has 0 aliphatic carbocycles. The summed E-state index contributed by atoms with van der Waals surface area (Å²) in [7, 11) is 0. The number of rotatable bonds is 4. The van der Waals surface area contributed by atoms with Gasteiger partial charge in [-0.25, -0.2) is 0 Å². The van der Waals surface area contributed by atoms with Gasteiger partial charge < -0.3 is 5.32 Å². The smallest absolute Gasteiger partial charge is 0.253 e. The molecule has 2 rings (SSSR count). The maximum Gasteiger partial charge on any atom is 0.253 e. The summed E-state index contributed by atoms with van der Waals surface area (Å²) >= 11 is 0. The molecular formula is C14H15N3O2. The van der Waals surface area contributed by atoms with E-state index < -0.39 is 0 Å². The Hall–Kier alpha value is -2.30. The Bertz CT molecular complexity index is 618. The molecule has 0 saturated heterocycles. The monoisotopic (exact) mass is 257 g/mol. The Labute approximate surface area is 111 Å². The SMILES string of the molecule is CC(C)C(=O)CNC(=O)c1cccc2nccnc12. The number of aromatic nitrogens is 2. The molecule has 0 fully saturated rings. The number of para-hydroxylation sites is 1. The van der Waals surface area contributed by atoms with Crippen LogP contribution in [0.25, 0.3) is 11.0 Å². The zero-order valence-electron chi connectivity index (χ0n) is 10.9. The first-order chi connectivity index (χ1) is 9.09. The largest absolute Gasteiger partial charge is 0.345 e. The van der Waals surface area contributed by atoms with Gasteiger partial charge in [0.15, 0.2) is 5.78 Å². The van der Waals surface area contributed by atoms with Gasteiger partial charge in [0.25, 0.3) is 5.91 Å². The van der Waals surface area contributed by atoms with Crippen molar-refractivity contribution in [1.29, 1.82) is 0 Å². The highest BCUT2D eigenvalue weighted by atomic mass is 16.2. The Morgan fingerprint density at radius 2 is 1.95 bits per heavy atom. The number of nitrogens with one attached hydrogen (secondary N) is 1. The average Bonchev–Trinajstić information content (AvgIpc) is 2.43. The number of amides is 1. The van der Waals surface area contributed by atoms with E-state index in [9.17, 15) is 9.59 Å². The highest BCUT2D eigenvalue weighted by Gasteiger charge is 2.13. The Kier molecular flexibility index (Phi) is 3.85. The second kappa shape index (κ2) is 5.56. The minimum atomic E-state index is -0.305. The second-order valence-electron chi connectivity index (χ2n) is 4.53. The lowest BCUT2D eigenvalue weighted by Gasteiger charge is -2.08.